The van der Waals surface area contributed by atoms with Crippen molar-refractivity contribution in [2.75, 3.05) is 5.43 Å². The van der Waals surface area contributed by atoms with Gasteiger partial charge in [0.2, 0.25) is 0 Å². The fraction of sp³-hybridized carbons (Fsp3) is 0. The Morgan fingerprint density at radius 2 is 1.92 bits per heavy atom. The average molecular weight is 358 g/mol. The Kier molecular flexibility index (Phi) is 4.26. The van der Waals surface area contributed by atoms with Gasteiger partial charge in [-0.25, -0.2) is 4.98 Å². The second-order valence-corrected chi connectivity index (χ2v) is 7.12. The van der Waals surface area contributed by atoms with Crippen molar-refractivity contribution in [2.45, 2.75) is 4.90 Å². The fourth-order valence-corrected chi connectivity index (χ4v) is 3.30. The van der Waals surface area contributed by atoms with Gasteiger partial charge in [0.05, 0.1) is 20.8 Å². The van der Waals surface area contributed by atoms with Crippen LogP contribution >= 0.6 is 11.3 Å². The van der Waals surface area contributed by atoms with E-state index in [1.54, 1.807) is 0 Å². The molecule has 0 bridgehead atoms. The van der Waals surface area contributed by atoms with Crippen LogP contribution in [0, 0.1) is 11.3 Å². The zero-order valence-electron chi connectivity index (χ0n) is 12.0. The number of benzene rings is 2. The fourth-order valence-electron chi connectivity index (χ4n) is 1.92. The van der Waals surface area contributed by atoms with Crippen LogP contribution < -0.4 is 5.43 Å². The first kappa shape index (κ1) is 16.1. The van der Waals surface area contributed by atoms with Crippen molar-refractivity contribution in [3.05, 3.63) is 53.5 Å². The van der Waals surface area contributed by atoms with Crippen molar-refractivity contribution in [2.24, 2.45) is 5.10 Å². The quantitative estimate of drug-likeness (QED) is 0.421. The molecule has 1 aromatic heterocycles. The SMILES string of the molecule is N#C/C(=N\Nc1ccc(S(=O)(=O)O)cc1)c1nc2ccccc2s1. The van der Waals surface area contributed by atoms with Gasteiger partial charge >= 0.3 is 0 Å². The van der Waals surface area contributed by atoms with E-state index in [4.69, 9.17) is 4.55 Å². The zero-order valence-corrected chi connectivity index (χ0v) is 13.7. The maximum Gasteiger partial charge on any atom is 0.294 e. The lowest BCUT2D eigenvalue weighted by atomic mass is 10.3. The third-order valence-corrected chi connectivity index (χ3v) is 4.96. The summed E-state index contributed by atoms with van der Waals surface area (Å²) in [5.41, 5.74) is 4.05. The van der Waals surface area contributed by atoms with Crippen LogP contribution in [0.1, 0.15) is 5.01 Å². The van der Waals surface area contributed by atoms with Gasteiger partial charge in [0.25, 0.3) is 10.1 Å². The van der Waals surface area contributed by atoms with E-state index in [1.807, 2.05) is 30.3 Å². The van der Waals surface area contributed by atoms with Gasteiger partial charge in [0, 0.05) is 0 Å². The first-order valence-corrected chi connectivity index (χ1v) is 8.90. The minimum absolute atomic E-state index is 0.120. The number of aromatic nitrogens is 1. The Labute approximate surface area is 141 Å². The summed E-state index contributed by atoms with van der Waals surface area (Å²) < 4.78 is 31.8. The molecule has 3 rings (SSSR count). The maximum absolute atomic E-state index is 11.0. The van der Waals surface area contributed by atoms with Gasteiger partial charge in [0.1, 0.15) is 6.07 Å². The van der Waals surface area contributed by atoms with Crippen molar-refractivity contribution in [1.29, 1.82) is 5.26 Å². The molecule has 9 heteroatoms. The van der Waals surface area contributed by atoms with Crippen molar-refractivity contribution in [3.8, 4) is 6.07 Å². The standard InChI is InChI=1S/C15H10N4O3S2/c16-9-13(15-17-12-3-1-2-4-14(12)23-15)19-18-10-5-7-11(8-6-10)24(20,21)22/h1-8,18H,(H,20,21,22)/b19-13+. The molecule has 0 saturated carbocycles. The van der Waals surface area contributed by atoms with Gasteiger partial charge in [0.15, 0.2) is 10.7 Å². The lowest BCUT2D eigenvalue weighted by Crippen LogP contribution is -2.02. The normalized spacial score (nSPS) is 12.1. The highest BCUT2D eigenvalue weighted by Crippen LogP contribution is 2.22. The molecule has 0 atom stereocenters. The Morgan fingerprint density at radius 3 is 2.54 bits per heavy atom. The molecule has 0 aliphatic carbocycles. The number of hydrogen-bond donors (Lipinski definition) is 2. The minimum Gasteiger partial charge on any atom is -0.282 e. The van der Waals surface area contributed by atoms with Crippen LogP contribution in [0.4, 0.5) is 5.69 Å². The van der Waals surface area contributed by atoms with E-state index >= 15 is 0 Å². The summed E-state index contributed by atoms with van der Waals surface area (Å²) in [5.74, 6) is 0. The predicted octanol–water partition coefficient (Wildman–Crippen LogP) is 2.88. The smallest absolute Gasteiger partial charge is 0.282 e. The third kappa shape index (κ3) is 3.41. The van der Waals surface area contributed by atoms with Crippen LogP contribution in [0.3, 0.4) is 0 Å². The number of anilines is 1. The molecule has 0 aliphatic heterocycles. The molecule has 120 valence electrons. The molecule has 0 spiro atoms. The van der Waals surface area contributed by atoms with Crippen LogP contribution in [0.15, 0.2) is 58.5 Å². The molecule has 24 heavy (non-hydrogen) atoms. The number of para-hydroxylation sites is 1. The molecular weight excluding hydrogens is 348 g/mol. The van der Waals surface area contributed by atoms with E-state index < -0.39 is 10.1 Å². The molecule has 0 fully saturated rings. The number of nitrogens with one attached hydrogen (secondary N) is 1. The van der Waals surface area contributed by atoms with E-state index in [0.29, 0.717) is 10.7 Å². The number of nitriles is 1. The molecular formula is C15H10N4O3S2. The van der Waals surface area contributed by atoms with Crippen molar-refractivity contribution >= 4 is 43.1 Å². The molecule has 0 saturated heterocycles. The van der Waals surface area contributed by atoms with Gasteiger partial charge in [-0.2, -0.15) is 18.8 Å². The molecule has 2 N–H and O–H groups in total. The molecule has 0 unspecified atom stereocenters. The van der Waals surface area contributed by atoms with E-state index in [2.05, 4.69) is 15.5 Å². The summed E-state index contributed by atoms with van der Waals surface area (Å²) in [7, 11) is -4.24. The Morgan fingerprint density at radius 1 is 1.21 bits per heavy atom. The van der Waals surface area contributed by atoms with Crippen LogP contribution in [0.2, 0.25) is 0 Å². The van der Waals surface area contributed by atoms with Gasteiger partial charge < -0.3 is 0 Å². The summed E-state index contributed by atoms with van der Waals surface area (Å²) in [6, 6.07) is 14.8. The molecule has 7 nitrogen and oxygen atoms in total. The second kappa shape index (κ2) is 6.37. The number of nitrogens with zero attached hydrogens (tertiary/aromatic N) is 3. The first-order valence-electron chi connectivity index (χ1n) is 6.65. The summed E-state index contributed by atoms with van der Waals surface area (Å²) in [6.45, 7) is 0. The highest BCUT2D eigenvalue weighted by Gasteiger charge is 2.11. The van der Waals surface area contributed by atoms with Crippen LogP contribution in [-0.4, -0.2) is 23.7 Å². The molecule has 1 heterocycles. The van der Waals surface area contributed by atoms with Gasteiger partial charge in [-0.3, -0.25) is 9.98 Å². The third-order valence-electron chi connectivity index (χ3n) is 3.05. The first-order chi connectivity index (χ1) is 11.5. The Bertz CT molecular complexity index is 1030. The largest absolute Gasteiger partial charge is 0.294 e. The zero-order chi connectivity index (χ0) is 17.2. The maximum atomic E-state index is 11.0. The molecule has 0 radical (unpaired) electrons. The number of rotatable bonds is 4. The second-order valence-electron chi connectivity index (χ2n) is 4.67. The lowest BCUT2D eigenvalue weighted by Gasteiger charge is -2.02. The molecule has 0 aliphatic rings. The topological polar surface area (TPSA) is 115 Å². The lowest BCUT2D eigenvalue weighted by molar-refractivity contribution is 0.483. The number of fused-ring (bicyclic) bond motifs is 1. The van der Waals surface area contributed by atoms with E-state index in [1.165, 1.54) is 35.6 Å². The summed E-state index contributed by atoms with van der Waals surface area (Å²) in [5, 5.41) is 13.8. The molecule has 3 aromatic rings. The van der Waals surface area contributed by atoms with Crippen LogP contribution in [0.5, 0.6) is 0 Å². The molecule has 0 amide bonds. The molecule has 2 aromatic carbocycles. The van der Waals surface area contributed by atoms with E-state index in [0.717, 1.165) is 10.2 Å². The van der Waals surface area contributed by atoms with Crippen molar-refractivity contribution < 1.29 is 13.0 Å². The Balaban J connectivity index is 1.85. The van der Waals surface area contributed by atoms with E-state index in [9.17, 15) is 13.7 Å². The van der Waals surface area contributed by atoms with E-state index in [-0.39, 0.29) is 10.6 Å². The van der Waals surface area contributed by atoms with Crippen LogP contribution in [-0.2, 0) is 10.1 Å². The number of hydrogen-bond acceptors (Lipinski definition) is 7. The Hall–Kier alpha value is -2.80. The van der Waals surface area contributed by atoms with Gasteiger partial charge in [-0.15, -0.1) is 11.3 Å². The average Bonchev–Trinajstić information content (AvgIpc) is 2.99. The highest BCUT2D eigenvalue weighted by molar-refractivity contribution is 7.85. The van der Waals surface area contributed by atoms with Gasteiger partial charge in [-0.05, 0) is 36.4 Å². The monoisotopic (exact) mass is 358 g/mol. The van der Waals surface area contributed by atoms with Crippen molar-refractivity contribution in [3.63, 3.8) is 0 Å². The van der Waals surface area contributed by atoms with Crippen LogP contribution in [0.25, 0.3) is 10.2 Å². The minimum atomic E-state index is -4.24. The number of thiazole rings is 1. The number of hydrazone groups is 1. The summed E-state index contributed by atoms with van der Waals surface area (Å²) in [4.78, 5) is 4.14. The van der Waals surface area contributed by atoms with Crippen molar-refractivity contribution in [1.82, 2.24) is 4.98 Å². The summed E-state index contributed by atoms with van der Waals surface area (Å²) in [6.07, 6.45) is 0. The highest BCUT2D eigenvalue weighted by atomic mass is 32.2. The van der Waals surface area contributed by atoms with Gasteiger partial charge in [-0.1, -0.05) is 12.1 Å². The predicted molar refractivity (Wildman–Crippen MR) is 91.6 cm³/mol. The summed E-state index contributed by atoms with van der Waals surface area (Å²) >= 11 is 1.35.